The second-order valence-electron chi connectivity index (χ2n) is 6.40. The Morgan fingerprint density at radius 3 is 2.67 bits per heavy atom. The zero-order chi connectivity index (χ0) is 15.2. The van der Waals surface area contributed by atoms with Gasteiger partial charge in [0.25, 0.3) is 0 Å². The number of piperazine rings is 1. The molecule has 0 saturated carbocycles. The fourth-order valence-electron chi connectivity index (χ4n) is 3.11. The molecule has 0 aromatic heterocycles. The quantitative estimate of drug-likeness (QED) is 0.903. The van der Waals surface area contributed by atoms with Crippen LogP contribution in [0.3, 0.4) is 0 Å². The van der Waals surface area contributed by atoms with Crippen LogP contribution in [0.25, 0.3) is 0 Å². The van der Waals surface area contributed by atoms with Crippen molar-refractivity contribution in [2.24, 2.45) is 5.92 Å². The standard InChI is InChI=1S/C18H28N2O/c1-4-8-18(21)20-13-16(19-12-17(20)14(2)3)11-15-9-6-5-7-10-15/h5-7,9-10,14,16-17,19H,4,8,11-13H2,1-3H3. The van der Waals surface area contributed by atoms with Crippen LogP contribution >= 0.6 is 0 Å². The second-order valence-corrected chi connectivity index (χ2v) is 6.40. The maximum atomic E-state index is 12.4. The molecule has 1 aliphatic rings. The summed E-state index contributed by atoms with van der Waals surface area (Å²) < 4.78 is 0. The van der Waals surface area contributed by atoms with E-state index < -0.39 is 0 Å². The number of amides is 1. The number of carbonyl (C=O) groups excluding carboxylic acids is 1. The minimum atomic E-state index is 0.316. The molecular formula is C18H28N2O. The van der Waals surface area contributed by atoms with E-state index in [0.29, 0.717) is 30.3 Å². The van der Waals surface area contributed by atoms with Crippen LogP contribution in [-0.4, -0.2) is 36.0 Å². The number of hydrogen-bond donors (Lipinski definition) is 1. The summed E-state index contributed by atoms with van der Waals surface area (Å²) in [5.41, 5.74) is 1.33. The van der Waals surface area contributed by atoms with E-state index in [-0.39, 0.29) is 0 Å². The van der Waals surface area contributed by atoms with Gasteiger partial charge in [-0.15, -0.1) is 0 Å². The van der Waals surface area contributed by atoms with E-state index in [1.165, 1.54) is 5.56 Å². The van der Waals surface area contributed by atoms with E-state index in [0.717, 1.165) is 25.9 Å². The van der Waals surface area contributed by atoms with E-state index in [9.17, 15) is 4.79 Å². The van der Waals surface area contributed by atoms with Crippen molar-refractivity contribution >= 4 is 5.91 Å². The molecule has 1 heterocycles. The molecule has 1 saturated heterocycles. The van der Waals surface area contributed by atoms with Crippen LogP contribution in [0.5, 0.6) is 0 Å². The summed E-state index contributed by atoms with van der Waals surface area (Å²) >= 11 is 0. The summed E-state index contributed by atoms with van der Waals surface area (Å²) in [7, 11) is 0. The van der Waals surface area contributed by atoms with Crippen LogP contribution < -0.4 is 5.32 Å². The summed E-state index contributed by atoms with van der Waals surface area (Å²) in [6.45, 7) is 8.22. The van der Waals surface area contributed by atoms with Crippen molar-refractivity contribution in [3.63, 3.8) is 0 Å². The van der Waals surface area contributed by atoms with Crippen molar-refractivity contribution in [2.45, 2.75) is 52.1 Å². The fraction of sp³-hybridized carbons (Fsp3) is 0.611. The van der Waals surface area contributed by atoms with E-state index in [2.05, 4.69) is 55.3 Å². The highest BCUT2D eigenvalue weighted by Gasteiger charge is 2.32. The Bertz CT molecular complexity index is 444. The first-order chi connectivity index (χ1) is 10.1. The summed E-state index contributed by atoms with van der Waals surface area (Å²) in [5.74, 6) is 0.812. The first-order valence-corrected chi connectivity index (χ1v) is 8.18. The topological polar surface area (TPSA) is 32.3 Å². The first-order valence-electron chi connectivity index (χ1n) is 8.18. The van der Waals surface area contributed by atoms with Gasteiger partial charge in [-0.2, -0.15) is 0 Å². The van der Waals surface area contributed by atoms with Gasteiger partial charge in [-0.3, -0.25) is 4.79 Å². The molecule has 0 spiro atoms. The Labute approximate surface area is 128 Å². The van der Waals surface area contributed by atoms with E-state index in [1.807, 2.05) is 6.07 Å². The Hall–Kier alpha value is -1.35. The molecule has 2 rings (SSSR count). The number of rotatable bonds is 5. The lowest BCUT2D eigenvalue weighted by atomic mass is 9.95. The minimum absolute atomic E-state index is 0.316. The van der Waals surface area contributed by atoms with Crippen LogP contribution in [0.4, 0.5) is 0 Å². The van der Waals surface area contributed by atoms with Gasteiger partial charge in [0, 0.05) is 31.6 Å². The molecule has 21 heavy (non-hydrogen) atoms. The average molecular weight is 288 g/mol. The Kier molecular flexibility index (Phi) is 5.80. The molecule has 1 fully saturated rings. The third kappa shape index (κ3) is 4.31. The van der Waals surface area contributed by atoms with Gasteiger partial charge >= 0.3 is 0 Å². The smallest absolute Gasteiger partial charge is 0.222 e. The van der Waals surface area contributed by atoms with Crippen molar-refractivity contribution in [3.8, 4) is 0 Å². The zero-order valence-electron chi connectivity index (χ0n) is 13.5. The molecule has 1 aromatic carbocycles. The van der Waals surface area contributed by atoms with Gasteiger partial charge in [-0.1, -0.05) is 51.1 Å². The highest BCUT2D eigenvalue weighted by atomic mass is 16.2. The lowest BCUT2D eigenvalue weighted by Gasteiger charge is -2.42. The molecule has 1 aliphatic heterocycles. The van der Waals surface area contributed by atoms with E-state index in [1.54, 1.807) is 0 Å². The van der Waals surface area contributed by atoms with Gasteiger partial charge in [0.2, 0.25) is 5.91 Å². The highest BCUT2D eigenvalue weighted by Crippen LogP contribution is 2.18. The summed E-state index contributed by atoms with van der Waals surface area (Å²) in [5, 5.41) is 3.63. The average Bonchev–Trinajstić information content (AvgIpc) is 2.48. The first kappa shape index (κ1) is 16.0. The van der Waals surface area contributed by atoms with Gasteiger partial charge in [-0.25, -0.2) is 0 Å². The lowest BCUT2D eigenvalue weighted by Crippen LogP contribution is -2.60. The van der Waals surface area contributed by atoms with Crippen molar-refractivity contribution in [2.75, 3.05) is 13.1 Å². The Morgan fingerprint density at radius 2 is 2.05 bits per heavy atom. The molecular weight excluding hydrogens is 260 g/mol. The van der Waals surface area contributed by atoms with Gasteiger partial charge in [0.1, 0.15) is 0 Å². The molecule has 0 aliphatic carbocycles. The molecule has 1 amide bonds. The SMILES string of the molecule is CCCC(=O)N1CC(Cc2ccccc2)NCC1C(C)C. The van der Waals surface area contributed by atoms with Crippen molar-refractivity contribution in [3.05, 3.63) is 35.9 Å². The van der Waals surface area contributed by atoms with Crippen LogP contribution in [0.2, 0.25) is 0 Å². The normalized spacial score (nSPS) is 22.6. The predicted molar refractivity (Wildman–Crippen MR) is 87.2 cm³/mol. The van der Waals surface area contributed by atoms with Crippen molar-refractivity contribution < 1.29 is 4.79 Å². The minimum Gasteiger partial charge on any atom is -0.337 e. The molecule has 1 N–H and O–H groups in total. The third-order valence-electron chi connectivity index (χ3n) is 4.31. The molecule has 116 valence electrons. The van der Waals surface area contributed by atoms with E-state index in [4.69, 9.17) is 0 Å². The maximum absolute atomic E-state index is 12.4. The molecule has 1 aromatic rings. The van der Waals surface area contributed by atoms with Gasteiger partial charge in [0.05, 0.1) is 0 Å². The predicted octanol–water partition coefficient (Wildman–Crippen LogP) is 2.85. The van der Waals surface area contributed by atoms with E-state index >= 15 is 0 Å². The number of nitrogens with zero attached hydrogens (tertiary/aromatic N) is 1. The lowest BCUT2D eigenvalue weighted by molar-refractivity contribution is -0.136. The summed E-state index contributed by atoms with van der Waals surface area (Å²) in [6, 6.07) is 11.2. The molecule has 2 atom stereocenters. The highest BCUT2D eigenvalue weighted by molar-refractivity contribution is 5.76. The van der Waals surface area contributed by atoms with Crippen molar-refractivity contribution in [1.82, 2.24) is 10.2 Å². The van der Waals surface area contributed by atoms with Crippen LogP contribution in [0.1, 0.15) is 39.2 Å². The molecule has 0 radical (unpaired) electrons. The van der Waals surface area contributed by atoms with Gasteiger partial charge in [0.15, 0.2) is 0 Å². The Balaban J connectivity index is 2.02. The number of hydrogen-bond acceptors (Lipinski definition) is 2. The fourth-order valence-corrected chi connectivity index (χ4v) is 3.11. The number of nitrogens with one attached hydrogen (secondary N) is 1. The molecule has 2 unspecified atom stereocenters. The molecule has 3 nitrogen and oxygen atoms in total. The molecule has 0 bridgehead atoms. The van der Waals surface area contributed by atoms with Crippen LogP contribution in [-0.2, 0) is 11.2 Å². The largest absolute Gasteiger partial charge is 0.337 e. The maximum Gasteiger partial charge on any atom is 0.222 e. The van der Waals surface area contributed by atoms with Crippen molar-refractivity contribution in [1.29, 1.82) is 0 Å². The summed E-state index contributed by atoms with van der Waals surface area (Å²) in [4.78, 5) is 14.5. The monoisotopic (exact) mass is 288 g/mol. The van der Waals surface area contributed by atoms with Gasteiger partial charge in [-0.05, 0) is 24.3 Å². The third-order valence-corrected chi connectivity index (χ3v) is 4.31. The second kappa shape index (κ2) is 7.60. The van der Waals surface area contributed by atoms with Crippen LogP contribution in [0, 0.1) is 5.92 Å². The Morgan fingerprint density at radius 1 is 1.33 bits per heavy atom. The van der Waals surface area contributed by atoms with Gasteiger partial charge < -0.3 is 10.2 Å². The molecule has 3 heteroatoms. The zero-order valence-corrected chi connectivity index (χ0v) is 13.5. The van der Waals surface area contributed by atoms with Crippen LogP contribution in [0.15, 0.2) is 30.3 Å². The summed E-state index contributed by atoms with van der Waals surface area (Å²) in [6.07, 6.45) is 2.58. The number of benzene rings is 1. The number of carbonyl (C=O) groups is 1.